The topological polar surface area (TPSA) is 24.9 Å². The largest absolute Gasteiger partial charge is 0.311 e. The van der Waals surface area contributed by atoms with Gasteiger partial charge in [0, 0.05) is 24.0 Å². The summed E-state index contributed by atoms with van der Waals surface area (Å²) in [6, 6.07) is 5.61. The molecule has 0 radical (unpaired) electrons. The second kappa shape index (κ2) is 4.31. The van der Waals surface area contributed by atoms with Crippen molar-refractivity contribution in [1.29, 1.82) is 0 Å². The third-order valence-corrected chi connectivity index (χ3v) is 3.29. The monoisotopic (exact) mass is 204 g/mol. The molecule has 2 atom stereocenters. The van der Waals surface area contributed by atoms with E-state index in [1.807, 2.05) is 13.1 Å². The van der Waals surface area contributed by atoms with Gasteiger partial charge >= 0.3 is 0 Å². The molecule has 1 aliphatic carbocycles. The summed E-state index contributed by atoms with van der Waals surface area (Å²) in [6.07, 6.45) is 4.71. The lowest BCUT2D eigenvalue weighted by Crippen LogP contribution is -2.32. The molecule has 1 N–H and O–H groups in total. The lowest BCUT2D eigenvalue weighted by molar-refractivity contribution is 0.478. The summed E-state index contributed by atoms with van der Waals surface area (Å²) in [6.45, 7) is 6.57. The maximum atomic E-state index is 4.35. The Morgan fingerprint density at radius 3 is 2.60 bits per heavy atom. The van der Waals surface area contributed by atoms with E-state index >= 15 is 0 Å². The number of rotatable bonds is 4. The summed E-state index contributed by atoms with van der Waals surface area (Å²) in [5.74, 6) is 0.540. The summed E-state index contributed by atoms with van der Waals surface area (Å²) < 4.78 is 0. The van der Waals surface area contributed by atoms with Gasteiger partial charge in [-0.05, 0) is 44.2 Å². The number of pyridine rings is 1. The van der Waals surface area contributed by atoms with Gasteiger partial charge in [0.15, 0.2) is 0 Å². The predicted molar refractivity (Wildman–Crippen MR) is 63.0 cm³/mol. The van der Waals surface area contributed by atoms with Crippen LogP contribution in [0, 0.1) is 6.92 Å². The third-order valence-electron chi connectivity index (χ3n) is 3.29. The zero-order valence-electron chi connectivity index (χ0n) is 9.83. The van der Waals surface area contributed by atoms with E-state index in [2.05, 4.69) is 36.3 Å². The van der Waals surface area contributed by atoms with Crippen LogP contribution in [-0.4, -0.2) is 17.1 Å². The zero-order valence-corrected chi connectivity index (χ0v) is 9.83. The third kappa shape index (κ3) is 2.78. The summed E-state index contributed by atoms with van der Waals surface area (Å²) >= 11 is 0. The van der Waals surface area contributed by atoms with Crippen molar-refractivity contribution in [2.75, 3.05) is 0 Å². The van der Waals surface area contributed by atoms with Crippen molar-refractivity contribution in [3.8, 4) is 0 Å². The molecule has 1 heterocycles. The fourth-order valence-corrected chi connectivity index (χ4v) is 1.80. The van der Waals surface area contributed by atoms with Gasteiger partial charge in [0.25, 0.3) is 0 Å². The van der Waals surface area contributed by atoms with E-state index in [-0.39, 0.29) is 0 Å². The Balaban J connectivity index is 1.98. The van der Waals surface area contributed by atoms with E-state index in [0.29, 0.717) is 12.0 Å². The van der Waals surface area contributed by atoms with Crippen LogP contribution < -0.4 is 5.32 Å². The number of aromatic nitrogens is 1. The number of hydrogen-bond donors (Lipinski definition) is 1. The highest BCUT2D eigenvalue weighted by molar-refractivity contribution is 5.18. The van der Waals surface area contributed by atoms with Gasteiger partial charge < -0.3 is 5.32 Å². The molecule has 1 saturated carbocycles. The van der Waals surface area contributed by atoms with E-state index in [1.165, 1.54) is 18.4 Å². The lowest BCUT2D eigenvalue weighted by Gasteiger charge is -2.21. The molecule has 2 unspecified atom stereocenters. The molecule has 0 amide bonds. The number of nitrogens with one attached hydrogen (secondary N) is 1. The van der Waals surface area contributed by atoms with Gasteiger partial charge in [-0.3, -0.25) is 4.98 Å². The molecule has 2 nitrogen and oxygen atoms in total. The van der Waals surface area contributed by atoms with Crippen LogP contribution in [0.5, 0.6) is 0 Å². The Kier molecular flexibility index (Phi) is 3.06. The molecule has 2 rings (SSSR count). The second-order valence-corrected chi connectivity index (χ2v) is 4.75. The van der Waals surface area contributed by atoms with Crippen molar-refractivity contribution in [3.63, 3.8) is 0 Å². The van der Waals surface area contributed by atoms with Crippen LogP contribution in [0.3, 0.4) is 0 Å². The first kappa shape index (κ1) is 10.6. The van der Waals surface area contributed by atoms with Gasteiger partial charge in [0.1, 0.15) is 0 Å². The molecule has 0 bridgehead atoms. The summed E-state index contributed by atoms with van der Waals surface area (Å²) in [4.78, 5) is 4.35. The van der Waals surface area contributed by atoms with Gasteiger partial charge in [-0.15, -0.1) is 0 Å². The van der Waals surface area contributed by atoms with Gasteiger partial charge in [0.05, 0.1) is 0 Å². The van der Waals surface area contributed by atoms with E-state index in [9.17, 15) is 0 Å². The molecular formula is C13H20N2. The Labute approximate surface area is 92.1 Å². The Morgan fingerprint density at radius 2 is 2.07 bits per heavy atom. The highest BCUT2D eigenvalue weighted by Crippen LogP contribution is 2.24. The van der Waals surface area contributed by atoms with E-state index in [1.54, 1.807) is 0 Å². The molecule has 1 aromatic heterocycles. The van der Waals surface area contributed by atoms with Crippen molar-refractivity contribution < 1.29 is 0 Å². The minimum absolute atomic E-state index is 0.540. The minimum atomic E-state index is 0.540. The van der Waals surface area contributed by atoms with E-state index < -0.39 is 0 Å². The number of hydrogen-bond acceptors (Lipinski definition) is 2. The first-order valence-corrected chi connectivity index (χ1v) is 5.85. The van der Waals surface area contributed by atoms with Crippen molar-refractivity contribution in [2.45, 2.75) is 51.6 Å². The molecule has 0 saturated heterocycles. The quantitative estimate of drug-likeness (QED) is 0.815. The molecule has 2 heteroatoms. The van der Waals surface area contributed by atoms with Crippen LogP contribution in [-0.2, 0) is 0 Å². The van der Waals surface area contributed by atoms with Crippen LogP contribution >= 0.6 is 0 Å². The molecule has 1 aromatic rings. The van der Waals surface area contributed by atoms with Gasteiger partial charge in [0.2, 0.25) is 0 Å². The van der Waals surface area contributed by atoms with Crippen molar-refractivity contribution in [2.24, 2.45) is 0 Å². The number of aryl methyl sites for hydroxylation is 1. The molecular weight excluding hydrogens is 184 g/mol. The maximum Gasteiger partial charge on any atom is 0.0372 e. The fraction of sp³-hybridized carbons (Fsp3) is 0.615. The Morgan fingerprint density at radius 1 is 1.33 bits per heavy atom. The molecule has 1 fully saturated rings. The van der Waals surface area contributed by atoms with Crippen molar-refractivity contribution >= 4 is 0 Å². The predicted octanol–water partition coefficient (Wildman–Crippen LogP) is 2.63. The molecule has 15 heavy (non-hydrogen) atoms. The van der Waals surface area contributed by atoms with Crippen LogP contribution in [0.2, 0.25) is 0 Å². The first-order chi connectivity index (χ1) is 7.16. The Hall–Kier alpha value is -0.890. The molecule has 1 aliphatic rings. The SMILES string of the molecule is Cc1ccc(C(C)C(C)NC2CC2)cn1. The number of nitrogens with zero attached hydrogens (tertiary/aromatic N) is 1. The Bertz CT molecular complexity index is 314. The average Bonchev–Trinajstić information content (AvgIpc) is 3.02. The van der Waals surface area contributed by atoms with E-state index in [4.69, 9.17) is 0 Å². The standard InChI is InChI=1S/C13H20N2/c1-9-4-5-12(8-14-9)10(2)11(3)15-13-6-7-13/h4-5,8,10-11,13,15H,6-7H2,1-3H3. The summed E-state index contributed by atoms with van der Waals surface area (Å²) in [5, 5.41) is 3.64. The highest BCUT2D eigenvalue weighted by atomic mass is 15.0. The first-order valence-electron chi connectivity index (χ1n) is 5.85. The van der Waals surface area contributed by atoms with Crippen LogP contribution in [0.15, 0.2) is 18.3 Å². The maximum absolute atomic E-state index is 4.35. The zero-order chi connectivity index (χ0) is 10.8. The van der Waals surface area contributed by atoms with Crippen LogP contribution in [0.4, 0.5) is 0 Å². The van der Waals surface area contributed by atoms with Gasteiger partial charge in [-0.2, -0.15) is 0 Å². The summed E-state index contributed by atoms with van der Waals surface area (Å²) in [7, 11) is 0. The van der Waals surface area contributed by atoms with Gasteiger partial charge in [-0.1, -0.05) is 13.0 Å². The molecule has 0 aliphatic heterocycles. The van der Waals surface area contributed by atoms with E-state index in [0.717, 1.165) is 11.7 Å². The van der Waals surface area contributed by atoms with Crippen molar-refractivity contribution in [3.05, 3.63) is 29.6 Å². The second-order valence-electron chi connectivity index (χ2n) is 4.75. The highest BCUT2D eigenvalue weighted by Gasteiger charge is 2.25. The van der Waals surface area contributed by atoms with Crippen LogP contribution in [0.1, 0.15) is 43.9 Å². The normalized spacial score (nSPS) is 19.9. The van der Waals surface area contributed by atoms with Crippen molar-refractivity contribution in [1.82, 2.24) is 10.3 Å². The van der Waals surface area contributed by atoms with Crippen LogP contribution in [0.25, 0.3) is 0 Å². The minimum Gasteiger partial charge on any atom is -0.311 e. The lowest BCUT2D eigenvalue weighted by atomic mass is 9.95. The fourth-order valence-electron chi connectivity index (χ4n) is 1.80. The van der Waals surface area contributed by atoms with Gasteiger partial charge in [-0.25, -0.2) is 0 Å². The smallest absolute Gasteiger partial charge is 0.0372 e. The molecule has 0 aromatic carbocycles. The molecule has 82 valence electrons. The average molecular weight is 204 g/mol. The molecule has 0 spiro atoms. The summed E-state index contributed by atoms with van der Waals surface area (Å²) in [5.41, 5.74) is 2.43.